The zero-order valence-electron chi connectivity index (χ0n) is 9.54. The van der Waals surface area contributed by atoms with Gasteiger partial charge in [0.2, 0.25) is 0 Å². The molecule has 1 rings (SSSR count). The number of rotatable bonds is 5. The van der Waals surface area contributed by atoms with Crippen molar-refractivity contribution in [3.63, 3.8) is 0 Å². The average molecular weight is 355 g/mol. The van der Waals surface area contributed by atoms with Crippen LogP contribution >= 0.6 is 34.2 Å². The third-order valence-electron chi connectivity index (χ3n) is 2.65. The Morgan fingerprint density at radius 2 is 2.25 bits per heavy atom. The van der Waals surface area contributed by atoms with Crippen LogP contribution < -0.4 is 5.56 Å². The van der Waals surface area contributed by atoms with Gasteiger partial charge in [0.05, 0.1) is 3.57 Å². The van der Waals surface area contributed by atoms with Gasteiger partial charge in [-0.2, -0.15) is 0 Å². The molecule has 0 saturated carbocycles. The molecule has 0 aromatic carbocycles. The third kappa shape index (κ3) is 3.73. The van der Waals surface area contributed by atoms with Crippen LogP contribution in [-0.4, -0.2) is 15.4 Å². The number of aromatic nitrogens is 2. The van der Waals surface area contributed by atoms with Gasteiger partial charge in [0.1, 0.15) is 5.82 Å². The lowest BCUT2D eigenvalue weighted by Gasteiger charge is -2.12. The molecule has 0 N–H and O–H groups in total. The van der Waals surface area contributed by atoms with Gasteiger partial charge in [0.15, 0.2) is 0 Å². The Kier molecular flexibility index (Phi) is 5.75. The molecule has 5 heteroatoms. The zero-order chi connectivity index (χ0) is 12.1. The largest absolute Gasteiger partial charge is 0.296 e. The van der Waals surface area contributed by atoms with E-state index in [9.17, 15) is 4.79 Å². The van der Waals surface area contributed by atoms with Crippen molar-refractivity contribution in [3.05, 3.63) is 25.9 Å². The molecule has 1 aromatic heterocycles. The van der Waals surface area contributed by atoms with Gasteiger partial charge in [0, 0.05) is 18.6 Å². The second-order valence-electron chi connectivity index (χ2n) is 3.98. The summed E-state index contributed by atoms with van der Waals surface area (Å²) in [6.45, 7) is 4.75. The van der Waals surface area contributed by atoms with Crippen molar-refractivity contribution in [1.29, 1.82) is 0 Å². The van der Waals surface area contributed by atoms with Gasteiger partial charge in [-0.3, -0.25) is 9.36 Å². The van der Waals surface area contributed by atoms with Crippen LogP contribution in [-0.2, 0) is 6.54 Å². The summed E-state index contributed by atoms with van der Waals surface area (Å²) >= 11 is 7.71. The maximum Gasteiger partial charge on any atom is 0.266 e. The fourth-order valence-electron chi connectivity index (χ4n) is 1.49. The lowest BCUT2D eigenvalue weighted by molar-refractivity contribution is 0.456. The van der Waals surface area contributed by atoms with Gasteiger partial charge in [0.25, 0.3) is 5.56 Å². The van der Waals surface area contributed by atoms with E-state index in [0.29, 0.717) is 15.4 Å². The molecule has 0 aliphatic carbocycles. The van der Waals surface area contributed by atoms with Crippen molar-refractivity contribution in [2.24, 2.45) is 5.92 Å². The summed E-state index contributed by atoms with van der Waals surface area (Å²) < 4.78 is 2.42. The SMILES string of the molecule is Cc1ncc(I)c(=O)n1CCC(C)CCCl. The Morgan fingerprint density at radius 3 is 2.88 bits per heavy atom. The monoisotopic (exact) mass is 354 g/mol. The highest BCUT2D eigenvalue weighted by atomic mass is 127. The Labute approximate surface area is 114 Å². The number of alkyl halides is 1. The highest BCUT2D eigenvalue weighted by molar-refractivity contribution is 14.1. The van der Waals surface area contributed by atoms with Crippen molar-refractivity contribution >= 4 is 34.2 Å². The smallest absolute Gasteiger partial charge is 0.266 e. The van der Waals surface area contributed by atoms with E-state index >= 15 is 0 Å². The average Bonchev–Trinajstić information content (AvgIpc) is 2.24. The quantitative estimate of drug-likeness (QED) is 0.602. The highest BCUT2D eigenvalue weighted by Gasteiger charge is 2.07. The van der Waals surface area contributed by atoms with E-state index in [2.05, 4.69) is 11.9 Å². The predicted octanol–water partition coefficient (Wildman–Crippen LogP) is 2.81. The lowest BCUT2D eigenvalue weighted by Crippen LogP contribution is -2.26. The van der Waals surface area contributed by atoms with Gasteiger partial charge in [-0.05, 0) is 48.3 Å². The van der Waals surface area contributed by atoms with Crippen LogP contribution in [0.1, 0.15) is 25.6 Å². The Balaban J connectivity index is 2.74. The van der Waals surface area contributed by atoms with Gasteiger partial charge >= 0.3 is 0 Å². The maximum atomic E-state index is 11.8. The molecule has 0 amide bonds. The van der Waals surface area contributed by atoms with E-state index in [1.807, 2.05) is 29.5 Å². The van der Waals surface area contributed by atoms with Crippen molar-refractivity contribution in [2.45, 2.75) is 33.2 Å². The number of hydrogen-bond acceptors (Lipinski definition) is 2. The predicted molar refractivity (Wildman–Crippen MR) is 75.1 cm³/mol. The van der Waals surface area contributed by atoms with Crippen LogP contribution in [0.15, 0.2) is 11.0 Å². The maximum absolute atomic E-state index is 11.8. The first-order chi connectivity index (χ1) is 7.56. The Hall–Kier alpha value is -0.100. The first kappa shape index (κ1) is 14.0. The highest BCUT2D eigenvalue weighted by Crippen LogP contribution is 2.10. The third-order valence-corrected chi connectivity index (χ3v) is 3.61. The molecule has 0 bridgehead atoms. The first-order valence-electron chi connectivity index (χ1n) is 5.34. The fourth-order valence-corrected chi connectivity index (χ4v) is 2.30. The second kappa shape index (κ2) is 6.59. The summed E-state index contributed by atoms with van der Waals surface area (Å²) in [4.78, 5) is 16.0. The normalized spacial score (nSPS) is 12.8. The summed E-state index contributed by atoms with van der Waals surface area (Å²) in [7, 11) is 0. The van der Waals surface area contributed by atoms with Crippen molar-refractivity contribution in [1.82, 2.24) is 9.55 Å². The lowest BCUT2D eigenvalue weighted by atomic mass is 10.1. The number of nitrogens with zero attached hydrogens (tertiary/aromatic N) is 2. The van der Waals surface area contributed by atoms with E-state index in [0.717, 1.165) is 25.2 Å². The van der Waals surface area contributed by atoms with E-state index < -0.39 is 0 Å². The minimum absolute atomic E-state index is 0.0613. The standard InChI is InChI=1S/C11H16ClIN2O/c1-8(3-5-12)4-6-15-9(2)14-7-10(13)11(15)16/h7-8H,3-6H2,1-2H3. The van der Waals surface area contributed by atoms with E-state index in [1.165, 1.54) is 0 Å². The van der Waals surface area contributed by atoms with Gasteiger partial charge < -0.3 is 0 Å². The minimum Gasteiger partial charge on any atom is -0.296 e. The van der Waals surface area contributed by atoms with Gasteiger partial charge in [-0.25, -0.2) is 4.98 Å². The number of aryl methyl sites for hydroxylation is 1. The fraction of sp³-hybridized carbons (Fsp3) is 0.636. The van der Waals surface area contributed by atoms with Crippen LogP contribution in [0, 0.1) is 16.4 Å². The second-order valence-corrected chi connectivity index (χ2v) is 5.52. The minimum atomic E-state index is 0.0613. The summed E-state index contributed by atoms with van der Waals surface area (Å²) in [6, 6.07) is 0. The number of hydrogen-bond donors (Lipinski definition) is 0. The molecule has 90 valence electrons. The molecule has 3 nitrogen and oxygen atoms in total. The summed E-state index contributed by atoms with van der Waals surface area (Å²) in [6.07, 6.45) is 3.58. The Bertz CT molecular complexity index is 405. The molecular formula is C11H16ClIN2O. The molecule has 0 aliphatic heterocycles. The molecule has 16 heavy (non-hydrogen) atoms. The van der Waals surface area contributed by atoms with Crippen LogP contribution in [0.3, 0.4) is 0 Å². The molecule has 0 aliphatic rings. The van der Waals surface area contributed by atoms with Crippen LogP contribution in [0.25, 0.3) is 0 Å². The molecule has 0 fully saturated rings. The van der Waals surface area contributed by atoms with Crippen LogP contribution in [0.4, 0.5) is 0 Å². The van der Waals surface area contributed by atoms with Crippen molar-refractivity contribution in [2.75, 3.05) is 5.88 Å². The number of halogens is 2. The molecule has 0 radical (unpaired) electrons. The van der Waals surface area contributed by atoms with Crippen molar-refractivity contribution < 1.29 is 0 Å². The molecule has 1 aromatic rings. The molecule has 0 saturated heterocycles. The molecular weight excluding hydrogens is 338 g/mol. The first-order valence-corrected chi connectivity index (χ1v) is 6.95. The summed E-state index contributed by atoms with van der Waals surface area (Å²) in [5.74, 6) is 2.00. The topological polar surface area (TPSA) is 34.9 Å². The molecule has 1 atom stereocenters. The van der Waals surface area contributed by atoms with E-state index in [4.69, 9.17) is 11.6 Å². The van der Waals surface area contributed by atoms with Crippen molar-refractivity contribution in [3.8, 4) is 0 Å². The van der Waals surface area contributed by atoms with Crippen LogP contribution in [0.5, 0.6) is 0 Å². The van der Waals surface area contributed by atoms with E-state index in [1.54, 1.807) is 10.8 Å². The van der Waals surface area contributed by atoms with Gasteiger partial charge in [-0.15, -0.1) is 11.6 Å². The van der Waals surface area contributed by atoms with E-state index in [-0.39, 0.29) is 5.56 Å². The zero-order valence-corrected chi connectivity index (χ0v) is 12.5. The Morgan fingerprint density at radius 1 is 1.56 bits per heavy atom. The summed E-state index contributed by atoms with van der Waals surface area (Å²) in [5.41, 5.74) is 0.0613. The van der Waals surface area contributed by atoms with Gasteiger partial charge in [-0.1, -0.05) is 6.92 Å². The molecule has 0 spiro atoms. The molecule has 1 unspecified atom stereocenters. The summed E-state index contributed by atoms with van der Waals surface area (Å²) in [5, 5.41) is 0. The van der Waals surface area contributed by atoms with Crippen LogP contribution in [0.2, 0.25) is 0 Å². The molecule has 1 heterocycles.